The molecule has 1 fully saturated rings. The molecule has 1 aromatic rings. The summed E-state index contributed by atoms with van der Waals surface area (Å²) in [6, 6.07) is 4.58. The molecule has 0 atom stereocenters. The van der Waals surface area contributed by atoms with E-state index in [0.717, 1.165) is 0 Å². The molecule has 2 heterocycles. The summed E-state index contributed by atoms with van der Waals surface area (Å²) in [6.45, 7) is 1.14. The average molecular weight is 293 g/mol. The van der Waals surface area contributed by atoms with Gasteiger partial charge in [-0.3, -0.25) is 14.4 Å². The first kappa shape index (κ1) is 15.2. The van der Waals surface area contributed by atoms with Crippen molar-refractivity contribution in [2.24, 2.45) is 0 Å². The Labute approximate surface area is 122 Å². The van der Waals surface area contributed by atoms with Gasteiger partial charge in [-0.1, -0.05) is 6.07 Å². The van der Waals surface area contributed by atoms with E-state index in [1.54, 1.807) is 17.0 Å². The number of hydrogen-bond donors (Lipinski definition) is 2. The number of amides is 2. The largest absolute Gasteiger partial charge is 0.375 e. The SMILES string of the molecule is COCC(=O)NC1CCN(C(=O)c2cccc(=O)[nH]2)CC1. The molecule has 114 valence electrons. The number of likely N-dealkylation sites (tertiary alicyclic amines) is 1. The topological polar surface area (TPSA) is 91.5 Å². The first-order chi connectivity index (χ1) is 10.1. The van der Waals surface area contributed by atoms with Gasteiger partial charge in [0, 0.05) is 32.3 Å². The second-order valence-electron chi connectivity index (χ2n) is 5.00. The molecule has 21 heavy (non-hydrogen) atoms. The molecule has 0 aromatic carbocycles. The van der Waals surface area contributed by atoms with Gasteiger partial charge in [-0.25, -0.2) is 0 Å². The van der Waals surface area contributed by atoms with Gasteiger partial charge >= 0.3 is 0 Å². The lowest BCUT2D eigenvalue weighted by Gasteiger charge is -2.32. The third-order valence-electron chi connectivity index (χ3n) is 3.42. The van der Waals surface area contributed by atoms with Gasteiger partial charge in [-0.2, -0.15) is 0 Å². The molecule has 0 aliphatic carbocycles. The highest BCUT2D eigenvalue weighted by Crippen LogP contribution is 2.12. The lowest BCUT2D eigenvalue weighted by Crippen LogP contribution is -2.47. The monoisotopic (exact) mass is 293 g/mol. The zero-order valence-corrected chi connectivity index (χ0v) is 11.9. The predicted octanol–water partition coefficient (Wildman–Crippen LogP) is -0.258. The van der Waals surface area contributed by atoms with Crippen molar-refractivity contribution in [3.63, 3.8) is 0 Å². The van der Waals surface area contributed by atoms with Crippen molar-refractivity contribution in [1.29, 1.82) is 0 Å². The van der Waals surface area contributed by atoms with E-state index < -0.39 is 0 Å². The summed E-state index contributed by atoms with van der Waals surface area (Å²) in [6.07, 6.45) is 1.39. The maximum atomic E-state index is 12.2. The highest BCUT2D eigenvalue weighted by atomic mass is 16.5. The average Bonchev–Trinajstić information content (AvgIpc) is 2.47. The summed E-state index contributed by atoms with van der Waals surface area (Å²) in [4.78, 5) is 39.1. The Morgan fingerprint density at radius 3 is 2.71 bits per heavy atom. The van der Waals surface area contributed by atoms with E-state index in [1.807, 2.05) is 0 Å². The van der Waals surface area contributed by atoms with Crippen molar-refractivity contribution in [3.8, 4) is 0 Å². The van der Waals surface area contributed by atoms with Crippen LogP contribution >= 0.6 is 0 Å². The normalized spacial score (nSPS) is 15.8. The molecule has 0 bridgehead atoms. The molecule has 2 N–H and O–H groups in total. The third-order valence-corrected chi connectivity index (χ3v) is 3.42. The molecule has 1 aliphatic rings. The zero-order valence-electron chi connectivity index (χ0n) is 11.9. The molecule has 1 saturated heterocycles. The molecule has 7 heteroatoms. The number of rotatable bonds is 4. The Morgan fingerprint density at radius 2 is 2.10 bits per heavy atom. The van der Waals surface area contributed by atoms with Crippen LogP contribution < -0.4 is 10.9 Å². The number of hydrogen-bond acceptors (Lipinski definition) is 4. The summed E-state index contributed by atoms with van der Waals surface area (Å²) >= 11 is 0. The summed E-state index contributed by atoms with van der Waals surface area (Å²) in [5.74, 6) is -0.330. The number of nitrogens with one attached hydrogen (secondary N) is 2. The van der Waals surface area contributed by atoms with Gasteiger partial charge in [-0.15, -0.1) is 0 Å². The van der Waals surface area contributed by atoms with Gasteiger partial charge < -0.3 is 19.9 Å². The van der Waals surface area contributed by atoms with Crippen LogP contribution in [-0.4, -0.2) is 54.5 Å². The van der Waals surface area contributed by atoms with Crippen molar-refractivity contribution in [2.75, 3.05) is 26.8 Å². The second-order valence-corrected chi connectivity index (χ2v) is 5.00. The summed E-state index contributed by atoms with van der Waals surface area (Å²) in [5.41, 5.74) is 0.00642. The van der Waals surface area contributed by atoms with Gasteiger partial charge in [-0.05, 0) is 18.9 Å². The molecule has 2 amide bonds. The van der Waals surface area contributed by atoms with Crippen molar-refractivity contribution >= 4 is 11.8 Å². The Bertz CT molecular complexity index is 561. The van der Waals surface area contributed by atoms with Crippen LogP contribution in [0.1, 0.15) is 23.3 Å². The lowest BCUT2D eigenvalue weighted by molar-refractivity contribution is -0.125. The number of nitrogens with zero attached hydrogens (tertiary/aromatic N) is 1. The van der Waals surface area contributed by atoms with Crippen molar-refractivity contribution in [2.45, 2.75) is 18.9 Å². The molecule has 7 nitrogen and oxygen atoms in total. The molecule has 1 aliphatic heterocycles. The zero-order chi connectivity index (χ0) is 15.2. The van der Waals surface area contributed by atoms with E-state index in [9.17, 15) is 14.4 Å². The molecule has 1 aromatic heterocycles. The van der Waals surface area contributed by atoms with Gasteiger partial charge in [0.15, 0.2) is 0 Å². The van der Waals surface area contributed by atoms with Crippen molar-refractivity contribution in [3.05, 3.63) is 34.2 Å². The molecular weight excluding hydrogens is 274 g/mol. The maximum Gasteiger partial charge on any atom is 0.270 e. The summed E-state index contributed by atoms with van der Waals surface area (Å²) in [7, 11) is 1.47. The third kappa shape index (κ3) is 4.16. The Hall–Kier alpha value is -2.15. The number of carbonyl (C=O) groups is 2. The molecular formula is C14H19N3O4. The number of aromatic nitrogens is 1. The smallest absolute Gasteiger partial charge is 0.270 e. The van der Waals surface area contributed by atoms with Gasteiger partial charge in [0.2, 0.25) is 11.5 Å². The van der Waals surface area contributed by atoms with Crippen LogP contribution in [0.2, 0.25) is 0 Å². The lowest BCUT2D eigenvalue weighted by atomic mass is 10.0. The van der Waals surface area contributed by atoms with Crippen LogP contribution in [0.3, 0.4) is 0 Å². The van der Waals surface area contributed by atoms with E-state index in [-0.39, 0.29) is 30.0 Å². The van der Waals surface area contributed by atoms with Gasteiger partial charge in [0.05, 0.1) is 0 Å². The first-order valence-corrected chi connectivity index (χ1v) is 6.87. The van der Waals surface area contributed by atoms with Crippen LogP contribution in [0.4, 0.5) is 0 Å². The molecule has 0 radical (unpaired) electrons. The number of ether oxygens (including phenoxy) is 1. The molecule has 0 unspecified atom stereocenters. The number of aromatic amines is 1. The van der Waals surface area contributed by atoms with Crippen molar-refractivity contribution < 1.29 is 14.3 Å². The summed E-state index contributed by atoms with van der Waals surface area (Å²) in [5, 5.41) is 2.87. The van der Waals surface area contributed by atoms with Crippen LogP contribution in [-0.2, 0) is 9.53 Å². The molecule has 0 saturated carbocycles. The quantitative estimate of drug-likeness (QED) is 0.800. The fourth-order valence-corrected chi connectivity index (χ4v) is 2.37. The number of carbonyl (C=O) groups excluding carboxylic acids is 2. The second kappa shape index (κ2) is 7.03. The predicted molar refractivity (Wildman–Crippen MR) is 76.0 cm³/mol. The Kier molecular flexibility index (Phi) is 5.10. The molecule has 2 rings (SSSR count). The fourth-order valence-electron chi connectivity index (χ4n) is 2.37. The highest BCUT2D eigenvalue weighted by molar-refractivity contribution is 5.92. The van der Waals surface area contributed by atoms with Gasteiger partial charge in [0.1, 0.15) is 12.3 Å². The van der Waals surface area contributed by atoms with Crippen LogP contribution in [0.15, 0.2) is 23.0 Å². The van der Waals surface area contributed by atoms with E-state index in [4.69, 9.17) is 4.74 Å². The Balaban J connectivity index is 1.87. The van der Waals surface area contributed by atoms with Crippen LogP contribution in [0.5, 0.6) is 0 Å². The van der Waals surface area contributed by atoms with E-state index in [0.29, 0.717) is 31.6 Å². The minimum atomic E-state index is -0.289. The Morgan fingerprint density at radius 1 is 1.38 bits per heavy atom. The number of methoxy groups -OCH3 is 1. The van der Waals surface area contributed by atoms with Crippen LogP contribution in [0.25, 0.3) is 0 Å². The van der Waals surface area contributed by atoms with E-state index in [1.165, 1.54) is 13.2 Å². The van der Waals surface area contributed by atoms with E-state index >= 15 is 0 Å². The standard InChI is InChI=1S/C14H19N3O4/c1-21-9-13(19)15-10-5-7-17(8-6-10)14(20)11-3-2-4-12(18)16-11/h2-4,10H,5-9H2,1H3,(H,15,19)(H,16,18). The minimum absolute atomic E-state index is 0.0460. The number of pyridine rings is 1. The highest BCUT2D eigenvalue weighted by Gasteiger charge is 2.24. The van der Waals surface area contributed by atoms with E-state index in [2.05, 4.69) is 10.3 Å². The first-order valence-electron chi connectivity index (χ1n) is 6.87. The van der Waals surface area contributed by atoms with Crippen molar-refractivity contribution in [1.82, 2.24) is 15.2 Å². The maximum absolute atomic E-state index is 12.2. The fraction of sp³-hybridized carbons (Fsp3) is 0.500. The number of piperidine rings is 1. The summed E-state index contributed by atoms with van der Waals surface area (Å²) < 4.78 is 4.76. The van der Waals surface area contributed by atoms with Crippen LogP contribution in [0, 0.1) is 0 Å². The van der Waals surface area contributed by atoms with Gasteiger partial charge in [0.25, 0.3) is 5.91 Å². The number of H-pyrrole nitrogens is 1. The minimum Gasteiger partial charge on any atom is -0.375 e. The molecule has 0 spiro atoms.